The molecule has 0 radical (unpaired) electrons. The van der Waals surface area contributed by atoms with Gasteiger partial charge in [0.05, 0.1) is 5.69 Å². The van der Waals surface area contributed by atoms with Crippen molar-refractivity contribution in [2.75, 3.05) is 4.90 Å². The molecule has 0 aliphatic carbocycles. The van der Waals surface area contributed by atoms with Gasteiger partial charge in [-0.2, -0.15) is 0 Å². The first-order chi connectivity index (χ1) is 19.6. The van der Waals surface area contributed by atoms with Gasteiger partial charge >= 0.3 is 0 Å². The maximum Gasteiger partial charge on any atom is 0.186 e. The fourth-order valence-electron chi connectivity index (χ4n) is 5.15. The first kappa shape index (κ1) is 25.0. The Morgan fingerprint density at radius 3 is 1.82 bits per heavy atom. The molecule has 0 fully saturated rings. The Bertz CT molecular complexity index is 1830. The molecule has 3 nitrogen and oxygen atoms in total. The van der Waals surface area contributed by atoms with Crippen LogP contribution in [0.5, 0.6) is 0 Å². The molecule has 0 bridgehead atoms. The molecule has 0 aliphatic heterocycles. The van der Waals surface area contributed by atoms with Crippen LogP contribution in [0.1, 0.15) is 31.8 Å². The molecule has 0 spiro atoms. The third-order valence-corrected chi connectivity index (χ3v) is 7.19. The molecule has 6 rings (SSSR count). The zero-order chi connectivity index (χ0) is 27.5. The maximum atomic E-state index is 12.8. The third-order valence-electron chi connectivity index (χ3n) is 7.19. The van der Waals surface area contributed by atoms with Crippen molar-refractivity contribution < 1.29 is 9.59 Å². The van der Waals surface area contributed by atoms with Crippen LogP contribution >= 0.6 is 0 Å². The van der Waals surface area contributed by atoms with E-state index in [1.807, 2.05) is 12.1 Å². The molecular weight excluding hydrogens is 490 g/mol. The molecule has 0 saturated heterocycles. The number of carbonyl (C=O) groups is 2. The highest BCUT2D eigenvalue weighted by atomic mass is 16.1. The Hall–Kier alpha value is -5.28. The number of carbonyl (C=O) groups excluding carboxylic acids is 2. The summed E-state index contributed by atoms with van der Waals surface area (Å²) >= 11 is 0. The average Bonchev–Trinajstić information content (AvgIpc) is 3.01. The first-order valence-electron chi connectivity index (χ1n) is 13.3. The Morgan fingerprint density at radius 2 is 1.20 bits per heavy atom. The molecule has 0 unspecified atom stereocenters. The van der Waals surface area contributed by atoms with Crippen LogP contribution in [0.3, 0.4) is 0 Å². The number of hydrogen-bond donors (Lipinski definition) is 0. The number of hydrogen-bond acceptors (Lipinski definition) is 3. The van der Waals surface area contributed by atoms with Crippen molar-refractivity contribution in [3.05, 3.63) is 156 Å². The second-order valence-electron chi connectivity index (χ2n) is 9.83. The van der Waals surface area contributed by atoms with Gasteiger partial charge in [0.25, 0.3) is 0 Å². The van der Waals surface area contributed by atoms with Gasteiger partial charge in [0.1, 0.15) is 0 Å². The molecule has 0 amide bonds. The first-order valence-corrected chi connectivity index (χ1v) is 13.3. The predicted molar refractivity (Wildman–Crippen MR) is 166 cm³/mol. The van der Waals surface area contributed by atoms with E-state index in [4.69, 9.17) is 0 Å². The van der Waals surface area contributed by atoms with Crippen LogP contribution in [-0.4, -0.2) is 12.1 Å². The summed E-state index contributed by atoms with van der Waals surface area (Å²) in [5.74, 6) is -0.199. The van der Waals surface area contributed by atoms with Crippen LogP contribution in [0.25, 0.3) is 27.6 Å². The van der Waals surface area contributed by atoms with Crippen LogP contribution in [0.2, 0.25) is 0 Å². The molecule has 6 aromatic rings. The molecule has 0 N–H and O–H groups in total. The zero-order valence-electron chi connectivity index (χ0n) is 22.1. The van der Waals surface area contributed by atoms with Crippen molar-refractivity contribution in [1.29, 1.82) is 0 Å². The summed E-state index contributed by atoms with van der Waals surface area (Å²) in [6, 6.07) is 42.9. The SMILES string of the molecule is Cc1ccc(N(c2ccc(/C=C\C(=O)c3ccccc3C=O)cc2)c2c3ccccc3cc3ccccc23)cc1. The average molecular weight is 518 g/mol. The maximum absolute atomic E-state index is 12.8. The number of benzene rings is 6. The fraction of sp³-hybridized carbons (Fsp3) is 0.0270. The Balaban J connectivity index is 1.45. The molecule has 0 saturated carbocycles. The molecule has 0 aromatic heterocycles. The molecule has 0 aliphatic rings. The molecule has 6 aromatic carbocycles. The lowest BCUT2D eigenvalue weighted by atomic mass is 9.99. The summed E-state index contributed by atoms with van der Waals surface area (Å²) in [6.45, 7) is 2.09. The molecular formula is C37H27NO2. The number of ketones is 1. The highest BCUT2D eigenvalue weighted by Gasteiger charge is 2.18. The van der Waals surface area contributed by atoms with Crippen molar-refractivity contribution in [2.24, 2.45) is 0 Å². The second kappa shape index (κ2) is 10.8. The van der Waals surface area contributed by atoms with Gasteiger partial charge in [-0.1, -0.05) is 109 Å². The number of nitrogens with zero attached hydrogens (tertiary/aromatic N) is 1. The number of fused-ring (bicyclic) bond motifs is 2. The Morgan fingerprint density at radius 1 is 0.650 bits per heavy atom. The van der Waals surface area contributed by atoms with E-state index in [9.17, 15) is 9.59 Å². The van der Waals surface area contributed by atoms with Gasteiger partial charge in [0.2, 0.25) is 0 Å². The van der Waals surface area contributed by atoms with E-state index < -0.39 is 0 Å². The molecule has 0 atom stereocenters. The molecule has 40 heavy (non-hydrogen) atoms. The van der Waals surface area contributed by atoms with Gasteiger partial charge in [0.15, 0.2) is 12.1 Å². The number of aryl methyl sites for hydroxylation is 1. The summed E-state index contributed by atoms with van der Waals surface area (Å²) in [5.41, 5.74) is 6.10. The van der Waals surface area contributed by atoms with Gasteiger partial charge < -0.3 is 4.90 Å². The predicted octanol–water partition coefficient (Wildman–Crippen LogP) is 9.48. The van der Waals surface area contributed by atoms with E-state index >= 15 is 0 Å². The Kier molecular flexibility index (Phi) is 6.78. The van der Waals surface area contributed by atoms with Gasteiger partial charge in [0, 0.05) is 33.3 Å². The van der Waals surface area contributed by atoms with Crippen LogP contribution in [0.15, 0.2) is 133 Å². The highest BCUT2D eigenvalue weighted by molar-refractivity contribution is 6.14. The highest BCUT2D eigenvalue weighted by Crippen LogP contribution is 2.43. The lowest BCUT2D eigenvalue weighted by Crippen LogP contribution is -2.11. The Labute approximate surface area is 233 Å². The van der Waals surface area contributed by atoms with Crippen LogP contribution in [-0.2, 0) is 0 Å². The van der Waals surface area contributed by atoms with E-state index in [-0.39, 0.29) is 5.78 Å². The third kappa shape index (κ3) is 4.81. The monoisotopic (exact) mass is 517 g/mol. The van der Waals surface area contributed by atoms with Gasteiger partial charge in [-0.05, 0) is 59.7 Å². The molecule has 192 valence electrons. The molecule has 3 heteroatoms. The van der Waals surface area contributed by atoms with Crippen LogP contribution < -0.4 is 4.90 Å². The van der Waals surface area contributed by atoms with Crippen molar-refractivity contribution in [2.45, 2.75) is 6.92 Å². The number of aldehydes is 1. The number of allylic oxidation sites excluding steroid dienone is 1. The summed E-state index contributed by atoms with van der Waals surface area (Å²) in [7, 11) is 0. The minimum Gasteiger partial charge on any atom is -0.309 e. The van der Waals surface area contributed by atoms with Crippen molar-refractivity contribution in [1.82, 2.24) is 0 Å². The van der Waals surface area contributed by atoms with E-state index in [0.29, 0.717) is 17.4 Å². The largest absolute Gasteiger partial charge is 0.309 e. The summed E-state index contributed by atoms with van der Waals surface area (Å²) in [6.07, 6.45) is 4.02. The minimum absolute atomic E-state index is 0.199. The van der Waals surface area contributed by atoms with E-state index in [1.54, 1.807) is 30.3 Å². The quantitative estimate of drug-likeness (QED) is 0.0916. The number of rotatable bonds is 7. The van der Waals surface area contributed by atoms with Crippen molar-refractivity contribution >= 4 is 56.8 Å². The van der Waals surface area contributed by atoms with E-state index in [1.165, 1.54) is 33.2 Å². The smallest absolute Gasteiger partial charge is 0.186 e. The summed E-state index contributed by atoms with van der Waals surface area (Å²) in [4.78, 5) is 26.4. The van der Waals surface area contributed by atoms with Crippen molar-refractivity contribution in [3.63, 3.8) is 0 Å². The van der Waals surface area contributed by atoms with Gasteiger partial charge in [-0.15, -0.1) is 0 Å². The second-order valence-corrected chi connectivity index (χ2v) is 9.83. The number of anilines is 3. The lowest BCUT2D eigenvalue weighted by Gasteiger charge is -2.28. The molecule has 0 heterocycles. The standard InChI is InChI=1S/C37H27NO2/c1-26-14-19-31(20-15-26)38(37-34-12-6-2-8-28(34)24-29-9-3-7-13-35(29)37)32-21-16-27(17-22-32)18-23-36(40)33-11-5-4-10-30(33)25-39/h2-25H,1H3/b23-18-. The fourth-order valence-corrected chi connectivity index (χ4v) is 5.15. The van der Waals surface area contributed by atoms with Crippen LogP contribution in [0, 0.1) is 6.92 Å². The van der Waals surface area contributed by atoms with Crippen LogP contribution in [0.4, 0.5) is 17.1 Å². The summed E-state index contributed by atoms with van der Waals surface area (Å²) in [5, 5.41) is 4.71. The lowest BCUT2D eigenvalue weighted by molar-refractivity contribution is 0.103. The van der Waals surface area contributed by atoms with Gasteiger partial charge in [-0.25, -0.2) is 0 Å². The van der Waals surface area contributed by atoms with Gasteiger partial charge in [-0.3, -0.25) is 9.59 Å². The normalized spacial score (nSPS) is 11.2. The minimum atomic E-state index is -0.199. The zero-order valence-corrected chi connectivity index (χ0v) is 22.1. The topological polar surface area (TPSA) is 37.4 Å². The van der Waals surface area contributed by atoms with Crippen molar-refractivity contribution in [3.8, 4) is 0 Å². The van der Waals surface area contributed by atoms with E-state index in [2.05, 4.69) is 103 Å². The summed E-state index contributed by atoms with van der Waals surface area (Å²) < 4.78 is 0. The van der Waals surface area contributed by atoms with E-state index in [0.717, 1.165) is 22.6 Å².